The lowest BCUT2D eigenvalue weighted by Gasteiger charge is -2.07. The third kappa shape index (κ3) is 4.90. The number of thioether (sulfide) groups is 1. The van der Waals surface area contributed by atoms with Gasteiger partial charge < -0.3 is 20.1 Å². The van der Waals surface area contributed by atoms with Crippen LogP contribution in [0.25, 0.3) is 0 Å². The van der Waals surface area contributed by atoms with Gasteiger partial charge in [-0.2, -0.15) is 0 Å². The molecule has 2 aromatic carbocycles. The standard InChI is InChI=1S/C18H18N2O4S/c1-12(21)19-13-2-5-15(6-3-13)25-9-8-18(22)20-14-4-7-16-17(10-14)24-11-23-16/h2-7,10H,8-9,11H2,1H3,(H,19,21)(H,20,22). The topological polar surface area (TPSA) is 76.7 Å². The fourth-order valence-corrected chi connectivity index (χ4v) is 3.15. The number of fused-ring (bicyclic) bond motifs is 1. The van der Waals surface area contributed by atoms with Crippen LogP contribution in [0.5, 0.6) is 11.5 Å². The Kier molecular flexibility index (Phi) is 5.45. The van der Waals surface area contributed by atoms with Gasteiger partial charge in [0.05, 0.1) is 0 Å². The summed E-state index contributed by atoms with van der Waals surface area (Å²) in [4.78, 5) is 24.1. The van der Waals surface area contributed by atoms with Gasteiger partial charge in [0, 0.05) is 41.4 Å². The maximum Gasteiger partial charge on any atom is 0.231 e. The van der Waals surface area contributed by atoms with E-state index >= 15 is 0 Å². The van der Waals surface area contributed by atoms with Crippen LogP contribution < -0.4 is 20.1 Å². The summed E-state index contributed by atoms with van der Waals surface area (Å²) in [6.07, 6.45) is 0.395. The van der Waals surface area contributed by atoms with E-state index in [0.29, 0.717) is 29.4 Å². The number of amides is 2. The van der Waals surface area contributed by atoms with Crippen LogP contribution in [0.15, 0.2) is 47.4 Å². The van der Waals surface area contributed by atoms with Crippen molar-refractivity contribution in [3.8, 4) is 11.5 Å². The van der Waals surface area contributed by atoms with Crippen LogP contribution in [0.4, 0.5) is 11.4 Å². The van der Waals surface area contributed by atoms with Gasteiger partial charge in [0.2, 0.25) is 18.6 Å². The maximum atomic E-state index is 12.0. The summed E-state index contributed by atoms with van der Waals surface area (Å²) in [7, 11) is 0. The number of hydrogen-bond acceptors (Lipinski definition) is 5. The molecule has 0 bridgehead atoms. The van der Waals surface area contributed by atoms with E-state index in [2.05, 4.69) is 10.6 Å². The third-order valence-electron chi connectivity index (χ3n) is 3.43. The molecule has 0 unspecified atom stereocenters. The number of carbonyl (C=O) groups excluding carboxylic acids is 2. The first kappa shape index (κ1) is 17.2. The molecule has 0 atom stereocenters. The van der Waals surface area contributed by atoms with Crippen molar-refractivity contribution in [1.29, 1.82) is 0 Å². The molecule has 0 aromatic heterocycles. The van der Waals surface area contributed by atoms with E-state index in [1.165, 1.54) is 6.92 Å². The van der Waals surface area contributed by atoms with Crippen molar-refractivity contribution in [1.82, 2.24) is 0 Å². The minimum Gasteiger partial charge on any atom is -0.454 e. The highest BCUT2D eigenvalue weighted by Crippen LogP contribution is 2.34. The van der Waals surface area contributed by atoms with Crippen molar-refractivity contribution in [3.05, 3.63) is 42.5 Å². The van der Waals surface area contributed by atoms with Gasteiger partial charge in [-0.15, -0.1) is 11.8 Å². The number of rotatable bonds is 6. The minimum atomic E-state index is -0.0967. The normalized spacial score (nSPS) is 11.9. The van der Waals surface area contributed by atoms with Gasteiger partial charge in [-0.05, 0) is 36.4 Å². The zero-order valence-corrected chi connectivity index (χ0v) is 14.5. The molecule has 0 fully saturated rings. The van der Waals surface area contributed by atoms with E-state index in [9.17, 15) is 9.59 Å². The Bertz CT molecular complexity index is 777. The highest BCUT2D eigenvalue weighted by molar-refractivity contribution is 7.99. The van der Waals surface area contributed by atoms with Crippen molar-refractivity contribution in [2.24, 2.45) is 0 Å². The van der Waals surface area contributed by atoms with Crippen LogP contribution in [0.1, 0.15) is 13.3 Å². The molecule has 0 spiro atoms. The molecule has 0 saturated carbocycles. The molecule has 2 aromatic rings. The zero-order chi connectivity index (χ0) is 17.6. The fraction of sp³-hybridized carbons (Fsp3) is 0.222. The smallest absolute Gasteiger partial charge is 0.231 e. The Hall–Kier alpha value is -2.67. The number of carbonyl (C=O) groups is 2. The summed E-state index contributed by atoms with van der Waals surface area (Å²) in [5.41, 5.74) is 1.45. The highest BCUT2D eigenvalue weighted by atomic mass is 32.2. The Morgan fingerprint density at radius 2 is 1.72 bits per heavy atom. The summed E-state index contributed by atoms with van der Waals surface area (Å²) in [6.45, 7) is 1.69. The van der Waals surface area contributed by atoms with Gasteiger partial charge in [0.25, 0.3) is 0 Å². The molecule has 1 aliphatic rings. The van der Waals surface area contributed by atoms with E-state index in [1.54, 1.807) is 30.0 Å². The summed E-state index contributed by atoms with van der Waals surface area (Å²) in [5, 5.41) is 5.57. The third-order valence-corrected chi connectivity index (χ3v) is 4.44. The molecule has 2 N–H and O–H groups in total. The number of anilines is 2. The Labute approximate surface area is 149 Å². The largest absolute Gasteiger partial charge is 0.454 e. The van der Waals surface area contributed by atoms with E-state index in [0.717, 1.165) is 10.6 Å². The SMILES string of the molecule is CC(=O)Nc1ccc(SCCC(=O)Nc2ccc3c(c2)OCO3)cc1. The Balaban J connectivity index is 1.44. The van der Waals surface area contributed by atoms with Crippen LogP contribution in [0.2, 0.25) is 0 Å². The van der Waals surface area contributed by atoms with Crippen molar-refractivity contribution in [2.75, 3.05) is 23.2 Å². The average Bonchev–Trinajstić information content (AvgIpc) is 3.03. The number of nitrogens with one attached hydrogen (secondary N) is 2. The van der Waals surface area contributed by atoms with Crippen LogP contribution in [-0.4, -0.2) is 24.4 Å². The molecule has 1 aliphatic heterocycles. The summed E-state index contributed by atoms with van der Waals surface area (Å²) in [6, 6.07) is 12.9. The number of hydrogen-bond donors (Lipinski definition) is 2. The van der Waals surface area contributed by atoms with Crippen molar-refractivity contribution in [2.45, 2.75) is 18.2 Å². The summed E-state index contributed by atoms with van der Waals surface area (Å²) in [5.74, 6) is 1.85. The van der Waals surface area contributed by atoms with E-state index < -0.39 is 0 Å². The monoisotopic (exact) mass is 358 g/mol. The molecule has 3 rings (SSSR count). The molecule has 130 valence electrons. The van der Waals surface area contributed by atoms with Crippen molar-refractivity contribution >= 4 is 35.0 Å². The Morgan fingerprint density at radius 1 is 1.00 bits per heavy atom. The van der Waals surface area contributed by atoms with E-state index in [-0.39, 0.29) is 18.6 Å². The maximum absolute atomic E-state index is 12.0. The molecule has 0 radical (unpaired) electrons. The van der Waals surface area contributed by atoms with Crippen molar-refractivity contribution in [3.63, 3.8) is 0 Å². The van der Waals surface area contributed by atoms with E-state index in [4.69, 9.17) is 9.47 Å². The summed E-state index contributed by atoms with van der Waals surface area (Å²) < 4.78 is 10.5. The summed E-state index contributed by atoms with van der Waals surface area (Å²) >= 11 is 1.59. The molecule has 25 heavy (non-hydrogen) atoms. The highest BCUT2D eigenvalue weighted by Gasteiger charge is 2.14. The van der Waals surface area contributed by atoms with Crippen LogP contribution in [-0.2, 0) is 9.59 Å². The van der Waals surface area contributed by atoms with Crippen LogP contribution in [0.3, 0.4) is 0 Å². The van der Waals surface area contributed by atoms with Crippen LogP contribution >= 0.6 is 11.8 Å². The molecule has 1 heterocycles. The average molecular weight is 358 g/mol. The molecular weight excluding hydrogens is 340 g/mol. The second-order valence-corrected chi connectivity index (χ2v) is 6.59. The number of ether oxygens (including phenoxy) is 2. The second-order valence-electron chi connectivity index (χ2n) is 5.42. The quantitative estimate of drug-likeness (QED) is 0.773. The van der Waals surface area contributed by atoms with Gasteiger partial charge in [-0.25, -0.2) is 0 Å². The second kappa shape index (κ2) is 7.94. The lowest BCUT2D eigenvalue weighted by atomic mass is 10.2. The first-order valence-electron chi connectivity index (χ1n) is 7.80. The minimum absolute atomic E-state index is 0.0544. The Morgan fingerprint density at radius 3 is 2.48 bits per heavy atom. The van der Waals surface area contributed by atoms with E-state index in [1.807, 2.05) is 24.3 Å². The molecular formula is C18H18N2O4S. The fourth-order valence-electron chi connectivity index (χ4n) is 2.30. The van der Waals surface area contributed by atoms with Gasteiger partial charge in [-0.3, -0.25) is 9.59 Å². The molecule has 6 nitrogen and oxygen atoms in total. The molecule has 2 amide bonds. The first-order valence-corrected chi connectivity index (χ1v) is 8.79. The predicted molar refractivity (Wildman–Crippen MR) is 97.3 cm³/mol. The van der Waals surface area contributed by atoms with Crippen LogP contribution in [0, 0.1) is 0 Å². The van der Waals surface area contributed by atoms with Gasteiger partial charge in [-0.1, -0.05) is 0 Å². The van der Waals surface area contributed by atoms with Gasteiger partial charge >= 0.3 is 0 Å². The molecule has 0 saturated heterocycles. The predicted octanol–water partition coefficient (Wildman–Crippen LogP) is 3.49. The lowest BCUT2D eigenvalue weighted by molar-refractivity contribution is -0.116. The van der Waals surface area contributed by atoms with Gasteiger partial charge in [0.1, 0.15) is 0 Å². The zero-order valence-electron chi connectivity index (χ0n) is 13.7. The van der Waals surface area contributed by atoms with Gasteiger partial charge in [0.15, 0.2) is 11.5 Å². The molecule has 0 aliphatic carbocycles. The lowest BCUT2D eigenvalue weighted by Crippen LogP contribution is -2.12. The number of benzene rings is 2. The van der Waals surface area contributed by atoms with Crippen molar-refractivity contribution < 1.29 is 19.1 Å². The molecule has 7 heteroatoms. The first-order chi connectivity index (χ1) is 12.1.